The van der Waals surface area contributed by atoms with Crippen LogP contribution in [-0.4, -0.2) is 17.6 Å². The van der Waals surface area contributed by atoms with E-state index in [4.69, 9.17) is 15.5 Å². The maximum Gasteiger partial charge on any atom is 0.323 e. The van der Waals surface area contributed by atoms with Gasteiger partial charge in [0.1, 0.15) is 11.5 Å². The first-order valence-electron chi connectivity index (χ1n) is 9.48. The van der Waals surface area contributed by atoms with Crippen LogP contribution in [-0.2, 0) is 13.0 Å². The molecule has 0 bridgehead atoms. The lowest BCUT2D eigenvalue weighted by Crippen LogP contribution is -2.39. The number of aryl methyl sites for hydroxylation is 1. The van der Waals surface area contributed by atoms with Gasteiger partial charge in [0.15, 0.2) is 0 Å². The van der Waals surface area contributed by atoms with Crippen molar-refractivity contribution in [3.05, 3.63) is 46.1 Å². The summed E-state index contributed by atoms with van der Waals surface area (Å²) >= 11 is 1.55. The monoisotopic (exact) mass is 393 g/mol. The summed E-state index contributed by atoms with van der Waals surface area (Å²) in [4.78, 5) is 19.1. The third-order valence-electron chi connectivity index (χ3n) is 4.96. The summed E-state index contributed by atoms with van der Waals surface area (Å²) in [7, 11) is 0. The largest absolute Gasteiger partial charge is 0.325 e. The number of urea groups is 1. The maximum atomic E-state index is 12.7. The molecule has 0 radical (unpaired) electrons. The van der Waals surface area contributed by atoms with Gasteiger partial charge in [-0.3, -0.25) is 4.90 Å². The van der Waals surface area contributed by atoms with Gasteiger partial charge in [-0.2, -0.15) is 10.5 Å². The van der Waals surface area contributed by atoms with E-state index in [-0.39, 0.29) is 12.6 Å². The highest BCUT2D eigenvalue weighted by Crippen LogP contribution is 2.34. The Morgan fingerprint density at radius 2 is 2.14 bits per heavy atom. The van der Waals surface area contributed by atoms with Gasteiger partial charge >= 0.3 is 6.03 Å². The number of nitrogens with one attached hydrogen (secondary N) is 1. The minimum atomic E-state index is -0.330. The van der Waals surface area contributed by atoms with Crippen molar-refractivity contribution >= 4 is 22.4 Å². The predicted molar refractivity (Wildman–Crippen MR) is 109 cm³/mol. The molecule has 0 aliphatic heterocycles. The average Bonchev–Trinajstić information content (AvgIpc) is 3.34. The molecule has 2 amide bonds. The van der Waals surface area contributed by atoms with Crippen LogP contribution in [0.4, 0.5) is 9.80 Å². The number of thiazole rings is 1. The van der Waals surface area contributed by atoms with Crippen LogP contribution >= 0.6 is 11.3 Å². The number of benzene rings is 1. The number of carbonyl (C=O) groups excluding carboxylic acids is 1. The summed E-state index contributed by atoms with van der Waals surface area (Å²) in [6.07, 6.45) is 6.05. The number of amides is 2. The Balaban J connectivity index is 1.85. The molecular weight excluding hydrogens is 370 g/mol. The molecule has 1 fully saturated rings. The molecular formula is C21H23N5OS. The first-order valence-corrected chi connectivity index (χ1v) is 10.3. The van der Waals surface area contributed by atoms with Crippen molar-refractivity contribution in [3.8, 4) is 12.1 Å². The van der Waals surface area contributed by atoms with Crippen molar-refractivity contribution in [1.29, 1.82) is 10.5 Å². The molecule has 7 heteroatoms. The maximum absolute atomic E-state index is 12.7. The van der Waals surface area contributed by atoms with Gasteiger partial charge in [0, 0.05) is 6.42 Å². The Morgan fingerprint density at radius 3 is 2.86 bits per heavy atom. The van der Waals surface area contributed by atoms with E-state index >= 15 is 0 Å². The van der Waals surface area contributed by atoms with Crippen molar-refractivity contribution in [2.24, 2.45) is 5.92 Å². The normalized spacial score (nSPS) is 13.7. The van der Waals surface area contributed by atoms with Crippen molar-refractivity contribution in [2.45, 2.75) is 45.6 Å². The van der Waals surface area contributed by atoms with E-state index in [0.29, 0.717) is 18.0 Å². The molecule has 1 aliphatic carbocycles. The lowest BCUT2D eigenvalue weighted by molar-refractivity contribution is 0.247. The number of hydrogen-bond donors (Lipinski definition) is 1. The van der Waals surface area contributed by atoms with Gasteiger partial charge in [-0.25, -0.2) is 9.78 Å². The van der Waals surface area contributed by atoms with Crippen LogP contribution in [0.2, 0.25) is 0 Å². The molecule has 1 aliphatic rings. The van der Waals surface area contributed by atoms with Gasteiger partial charge in [0.2, 0.25) is 0 Å². The third-order valence-corrected chi connectivity index (χ3v) is 6.16. The molecule has 0 unspecified atom stereocenters. The quantitative estimate of drug-likeness (QED) is 0.741. The number of hydrogen-bond acceptors (Lipinski definition) is 5. The fourth-order valence-electron chi connectivity index (χ4n) is 3.61. The molecule has 0 spiro atoms. The van der Waals surface area contributed by atoms with E-state index in [1.165, 1.54) is 25.7 Å². The van der Waals surface area contributed by atoms with Crippen LogP contribution in [0, 0.1) is 35.5 Å². The topological polar surface area (TPSA) is 92.8 Å². The number of nitrogens with zero attached hydrogens (tertiary/aromatic N) is 4. The first-order chi connectivity index (χ1) is 13.6. The fraction of sp³-hybridized carbons (Fsp3) is 0.429. The number of rotatable bonds is 6. The summed E-state index contributed by atoms with van der Waals surface area (Å²) < 4.78 is 0. The van der Waals surface area contributed by atoms with Crippen molar-refractivity contribution in [2.75, 3.05) is 11.4 Å². The average molecular weight is 394 g/mol. The number of anilines is 1. The van der Waals surface area contributed by atoms with E-state index in [0.717, 1.165) is 27.7 Å². The van der Waals surface area contributed by atoms with E-state index in [2.05, 4.69) is 11.4 Å². The van der Waals surface area contributed by atoms with Crippen LogP contribution in [0.1, 0.15) is 47.5 Å². The van der Waals surface area contributed by atoms with Gasteiger partial charge < -0.3 is 5.32 Å². The summed E-state index contributed by atoms with van der Waals surface area (Å²) in [5.41, 5.74) is 2.23. The van der Waals surface area contributed by atoms with Crippen LogP contribution < -0.4 is 10.2 Å². The number of carbonyl (C=O) groups is 1. The smallest absolute Gasteiger partial charge is 0.323 e. The molecule has 1 N–H and O–H groups in total. The van der Waals surface area contributed by atoms with Gasteiger partial charge in [-0.1, -0.05) is 37.8 Å². The first kappa shape index (κ1) is 19.9. The second-order valence-electron chi connectivity index (χ2n) is 7.07. The van der Waals surface area contributed by atoms with Crippen LogP contribution in [0.25, 0.3) is 0 Å². The summed E-state index contributed by atoms with van der Waals surface area (Å²) in [5, 5.41) is 22.4. The highest BCUT2D eigenvalue weighted by atomic mass is 32.1. The highest BCUT2D eigenvalue weighted by molar-refractivity contribution is 7.16. The Morgan fingerprint density at radius 1 is 1.36 bits per heavy atom. The minimum absolute atomic E-state index is 0.0552. The molecule has 1 aromatic carbocycles. The molecule has 3 rings (SSSR count). The minimum Gasteiger partial charge on any atom is -0.325 e. The lowest BCUT2D eigenvalue weighted by atomic mass is 10.1. The van der Waals surface area contributed by atoms with Gasteiger partial charge in [0.05, 0.1) is 34.9 Å². The van der Waals surface area contributed by atoms with Gasteiger partial charge in [0.25, 0.3) is 0 Å². The number of nitriles is 2. The van der Waals surface area contributed by atoms with Gasteiger partial charge in [-0.05, 0) is 30.5 Å². The predicted octanol–water partition coefficient (Wildman–Crippen LogP) is 4.30. The van der Waals surface area contributed by atoms with Crippen LogP contribution in [0.3, 0.4) is 0 Å². The summed E-state index contributed by atoms with van der Waals surface area (Å²) in [6.45, 7) is 2.18. The van der Waals surface area contributed by atoms with Crippen LogP contribution in [0.5, 0.6) is 0 Å². The lowest BCUT2D eigenvalue weighted by Gasteiger charge is -2.21. The van der Waals surface area contributed by atoms with Crippen LogP contribution in [0.15, 0.2) is 24.3 Å². The van der Waals surface area contributed by atoms with E-state index in [1.54, 1.807) is 28.4 Å². The molecule has 6 nitrogen and oxygen atoms in total. The molecule has 0 atom stereocenters. The zero-order valence-corrected chi connectivity index (χ0v) is 16.8. The molecule has 28 heavy (non-hydrogen) atoms. The highest BCUT2D eigenvalue weighted by Gasteiger charge is 2.24. The number of aromatic nitrogens is 1. The third kappa shape index (κ3) is 4.88. The van der Waals surface area contributed by atoms with E-state index < -0.39 is 0 Å². The van der Waals surface area contributed by atoms with Crippen molar-refractivity contribution in [1.82, 2.24) is 10.3 Å². The molecule has 2 aromatic rings. The molecule has 144 valence electrons. The summed E-state index contributed by atoms with van der Waals surface area (Å²) in [6, 6.07) is 11.0. The SMILES string of the molecule is Cc1nc(CC2CCCC2)sc1N(Cc1cccc(C#N)c1)C(=O)NCC#N. The standard InChI is InChI=1S/C21H23N5OS/c1-15-20(28-19(25-15)12-16-5-2-3-6-16)26(21(27)24-10-9-22)14-18-8-4-7-17(11-18)13-23/h4,7-8,11,16H,2-3,5-6,10,12,14H2,1H3,(H,24,27). The second-order valence-corrected chi connectivity index (χ2v) is 8.13. The van der Waals surface area contributed by atoms with Crippen molar-refractivity contribution < 1.29 is 4.79 Å². The van der Waals surface area contributed by atoms with Crippen molar-refractivity contribution in [3.63, 3.8) is 0 Å². The Labute approximate surface area is 169 Å². The molecule has 1 heterocycles. The Kier molecular flexibility index (Phi) is 6.62. The molecule has 0 saturated heterocycles. The molecule has 1 saturated carbocycles. The zero-order valence-electron chi connectivity index (χ0n) is 15.9. The Bertz CT molecular complexity index is 918. The van der Waals surface area contributed by atoms with Gasteiger partial charge in [-0.15, -0.1) is 11.3 Å². The fourth-order valence-corrected chi connectivity index (χ4v) is 4.79. The Hall–Kier alpha value is -2.90. The molecule has 1 aromatic heterocycles. The summed E-state index contributed by atoms with van der Waals surface area (Å²) in [5.74, 6) is 0.687. The second kappa shape index (κ2) is 9.34. The van der Waals surface area contributed by atoms with E-state index in [9.17, 15) is 4.79 Å². The zero-order chi connectivity index (χ0) is 19.9. The van der Waals surface area contributed by atoms with E-state index in [1.807, 2.05) is 25.1 Å².